The van der Waals surface area contributed by atoms with Crippen LogP contribution in [0.25, 0.3) is 5.69 Å². The molecule has 0 fully saturated rings. The van der Waals surface area contributed by atoms with E-state index in [-0.39, 0.29) is 5.25 Å². The van der Waals surface area contributed by atoms with Crippen molar-refractivity contribution in [2.24, 2.45) is 0 Å². The first-order valence-electron chi connectivity index (χ1n) is 7.34. The second-order valence-corrected chi connectivity index (χ2v) is 6.53. The molecule has 1 heterocycles. The first-order chi connectivity index (χ1) is 11.2. The van der Waals surface area contributed by atoms with Gasteiger partial charge in [0.1, 0.15) is 11.4 Å². The Morgan fingerprint density at radius 2 is 1.91 bits per heavy atom. The average Bonchev–Trinajstić information content (AvgIpc) is 3.03. The molecule has 3 rings (SSSR count). The molecule has 2 aromatic carbocycles. The Morgan fingerprint density at radius 1 is 1.13 bits per heavy atom. The van der Waals surface area contributed by atoms with Gasteiger partial charge in [-0.1, -0.05) is 48.2 Å². The smallest absolute Gasteiger partial charge is 0.214 e. The Morgan fingerprint density at radius 3 is 2.65 bits per heavy atom. The van der Waals surface area contributed by atoms with Crippen LogP contribution >= 0.6 is 11.8 Å². The highest BCUT2D eigenvalue weighted by molar-refractivity contribution is 7.99. The zero-order valence-electron chi connectivity index (χ0n) is 13.3. The minimum atomic E-state index is 0.247. The zero-order valence-corrected chi connectivity index (χ0v) is 14.1. The number of ether oxygens (including phenoxy) is 1. The Kier molecular flexibility index (Phi) is 4.62. The molecule has 0 unspecified atom stereocenters. The molecule has 0 saturated heterocycles. The minimum absolute atomic E-state index is 0.247. The van der Waals surface area contributed by atoms with Crippen LogP contribution in [0.15, 0.2) is 53.7 Å². The summed E-state index contributed by atoms with van der Waals surface area (Å²) in [5, 5.41) is 13.1. The third-order valence-corrected chi connectivity index (χ3v) is 4.65. The van der Waals surface area contributed by atoms with Crippen molar-refractivity contribution >= 4 is 11.8 Å². The molecule has 0 amide bonds. The van der Waals surface area contributed by atoms with Crippen LogP contribution in [0, 0.1) is 6.92 Å². The van der Waals surface area contributed by atoms with Gasteiger partial charge in [0.15, 0.2) is 0 Å². The Balaban J connectivity index is 1.93. The van der Waals surface area contributed by atoms with Crippen LogP contribution in [-0.2, 0) is 0 Å². The highest BCUT2D eigenvalue weighted by atomic mass is 32.2. The van der Waals surface area contributed by atoms with Gasteiger partial charge < -0.3 is 4.74 Å². The summed E-state index contributed by atoms with van der Waals surface area (Å²) < 4.78 is 7.18. The van der Waals surface area contributed by atoms with Crippen LogP contribution in [-0.4, -0.2) is 27.3 Å². The van der Waals surface area contributed by atoms with Crippen molar-refractivity contribution in [1.29, 1.82) is 0 Å². The number of aromatic nitrogens is 4. The van der Waals surface area contributed by atoms with E-state index in [4.69, 9.17) is 4.74 Å². The molecule has 0 saturated carbocycles. The molecule has 3 aromatic rings. The number of benzene rings is 2. The monoisotopic (exact) mass is 326 g/mol. The number of nitrogens with zero attached hydrogens (tertiary/aromatic N) is 4. The molecule has 0 N–H and O–H groups in total. The third kappa shape index (κ3) is 3.37. The van der Waals surface area contributed by atoms with E-state index in [0.717, 1.165) is 22.2 Å². The summed E-state index contributed by atoms with van der Waals surface area (Å²) in [4.78, 5) is 0. The number of rotatable bonds is 5. The predicted molar refractivity (Wildman–Crippen MR) is 91.2 cm³/mol. The number of methoxy groups -OCH3 is 1. The van der Waals surface area contributed by atoms with Crippen LogP contribution in [0.1, 0.15) is 23.3 Å². The largest absolute Gasteiger partial charge is 0.494 e. The highest BCUT2D eigenvalue weighted by Crippen LogP contribution is 2.35. The summed E-state index contributed by atoms with van der Waals surface area (Å²) in [6, 6.07) is 16.3. The molecule has 118 valence electrons. The first kappa shape index (κ1) is 15.6. The Labute approximate surface area is 139 Å². The van der Waals surface area contributed by atoms with Gasteiger partial charge in [-0.15, -0.1) is 5.10 Å². The molecule has 0 aliphatic carbocycles. The molecule has 23 heavy (non-hydrogen) atoms. The van der Waals surface area contributed by atoms with E-state index >= 15 is 0 Å². The summed E-state index contributed by atoms with van der Waals surface area (Å²) >= 11 is 1.62. The average molecular weight is 326 g/mol. The lowest BCUT2D eigenvalue weighted by Gasteiger charge is -2.13. The quantitative estimate of drug-likeness (QED) is 0.667. The number of aryl methyl sites for hydroxylation is 1. The molecular weight excluding hydrogens is 308 g/mol. The number of tetrazole rings is 1. The van der Waals surface area contributed by atoms with Crippen molar-refractivity contribution in [3.05, 3.63) is 59.7 Å². The van der Waals surface area contributed by atoms with Crippen LogP contribution in [0.2, 0.25) is 0 Å². The standard InChI is InChI=1S/C17H18N4OS/c1-12-9-10-16(22-3)15(11-12)21-17(18-19-20-21)23-13(2)14-7-5-4-6-8-14/h4-11,13H,1-3H3/t13-/m0/s1. The molecule has 1 aromatic heterocycles. The van der Waals surface area contributed by atoms with Crippen molar-refractivity contribution in [1.82, 2.24) is 20.2 Å². The molecule has 0 radical (unpaired) electrons. The van der Waals surface area contributed by atoms with Crippen LogP contribution < -0.4 is 4.74 Å². The normalized spacial score (nSPS) is 12.1. The fourth-order valence-corrected chi connectivity index (χ4v) is 3.25. The van der Waals surface area contributed by atoms with Gasteiger partial charge in [0, 0.05) is 5.25 Å². The van der Waals surface area contributed by atoms with E-state index in [1.807, 2.05) is 43.3 Å². The predicted octanol–water partition coefficient (Wildman–Crippen LogP) is 3.83. The van der Waals surface area contributed by atoms with Crippen molar-refractivity contribution in [3.8, 4) is 11.4 Å². The summed E-state index contributed by atoms with van der Waals surface area (Å²) in [5.74, 6) is 0.747. The first-order valence-corrected chi connectivity index (χ1v) is 8.22. The Hall–Kier alpha value is -2.34. The van der Waals surface area contributed by atoms with Gasteiger partial charge in [0.25, 0.3) is 0 Å². The van der Waals surface area contributed by atoms with Gasteiger partial charge in [0.05, 0.1) is 7.11 Å². The lowest BCUT2D eigenvalue weighted by molar-refractivity contribution is 0.410. The molecule has 0 bridgehead atoms. The van der Waals surface area contributed by atoms with Gasteiger partial charge in [-0.2, -0.15) is 4.68 Å². The summed E-state index contributed by atoms with van der Waals surface area (Å²) in [7, 11) is 1.65. The van der Waals surface area contributed by atoms with E-state index in [1.165, 1.54) is 5.56 Å². The molecule has 6 heteroatoms. The summed E-state index contributed by atoms with van der Waals surface area (Å²) in [5.41, 5.74) is 3.21. The fraction of sp³-hybridized carbons (Fsp3) is 0.235. The number of hydrogen-bond donors (Lipinski definition) is 0. The lowest BCUT2D eigenvalue weighted by Crippen LogP contribution is -2.03. The molecule has 0 spiro atoms. The van der Waals surface area contributed by atoms with Gasteiger partial charge in [-0.3, -0.25) is 0 Å². The minimum Gasteiger partial charge on any atom is -0.494 e. The van der Waals surface area contributed by atoms with Crippen molar-refractivity contribution < 1.29 is 4.74 Å². The highest BCUT2D eigenvalue weighted by Gasteiger charge is 2.17. The molecule has 1 atom stereocenters. The molecule has 5 nitrogen and oxygen atoms in total. The zero-order chi connectivity index (χ0) is 16.2. The maximum Gasteiger partial charge on any atom is 0.214 e. The van der Waals surface area contributed by atoms with Crippen LogP contribution in [0.4, 0.5) is 0 Å². The van der Waals surface area contributed by atoms with Crippen LogP contribution in [0.5, 0.6) is 5.75 Å². The lowest BCUT2D eigenvalue weighted by atomic mass is 10.2. The van der Waals surface area contributed by atoms with E-state index in [0.29, 0.717) is 0 Å². The maximum absolute atomic E-state index is 5.44. The molecular formula is C17H18N4OS. The van der Waals surface area contributed by atoms with Crippen molar-refractivity contribution in [2.45, 2.75) is 24.3 Å². The molecule has 0 aliphatic rings. The van der Waals surface area contributed by atoms with Gasteiger partial charge in [-0.25, -0.2) is 0 Å². The van der Waals surface area contributed by atoms with E-state index in [2.05, 4.69) is 34.6 Å². The number of thioether (sulfide) groups is 1. The van der Waals surface area contributed by atoms with Gasteiger partial charge >= 0.3 is 0 Å². The van der Waals surface area contributed by atoms with E-state index < -0.39 is 0 Å². The molecule has 0 aliphatic heterocycles. The number of hydrogen-bond acceptors (Lipinski definition) is 5. The van der Waals surface area contributed by atoms with Crippen molar-refractivity contribution in [3.63, 3.8) is 0 Å². The summed E-state index contributed by atoms with van der Waals surface area (Å²) in [6.07, 6.45) is 0. The second-order valence-electron chi connectivity index (χ2n) is 5.22. The third-order valence-electron chi connectivity index (χ3n) is 3.55. The van der Waals surface area contributed by atoms with E-state index in [1.54, 1.807) is 23.6 Å². The summed E-state index contributed by atoms with van der Waals surface area (Å²) in [6.45, 7) is 4.18. The van der Waals surface area contributed by atoms with Crippen molar-refractivity contribution in [2.75, 3.05) is 7.11 Å². The van der Waals surface area contributed by atoms with Gasteiger partial charge in [0.2, 0.25) is 5.16 Å². The Bertz CT molecular complexity index is 788. The SMILES string of the molecule is COc1ccc(C)cc1-n1nnnc1S[C@@H](C)c1ccccc1. The van der Waals surface area contributed by atoms with Crippen LogP contribution in [0.3, 0.4) is 0 Å². The van der Waals surface area contributed by atoms with E-state index in [9.17, 15) is 0 Å². The fourth-order valence-electron chi connectivity index (χ4n) is 2.32. The maximum atomic E-state index is 5.44. The second kappa shape index (κ2) is 6.83. The van der Waals surface area contributed by atoms with Gasteiger partial charge in [-0.05, 0) is 47.5 Å². The topological polar surface area (TPSA) is 52.8 Å².